The first-order valence-corrected chi connectivity index (χ1v) is 10.4. The van der Waals surface area contributed by atoms with Crippen LogP contribution in [0.4, 0.5) is 11.5 Å². The van der Waals surface area contributed by atoms with Gasteiger partial charge >= 0.3 is 0 Å². The highest BCUT2D eigenvalue weighted by atomic mass is 35.5. The fourth-order valence-electron chi connectivity index (χ4n) is 3.61. The first-order valence-electron chi connectivity index (χ1n) is 9.21. The summed E-state index contributed by atoms with van der Waals surface area (Å²) in [6.07, 6.45) is 1.65. The number of hydrogen-bond acceptors (Lipinski definition) is 6. The molecule has 2 aromatic carbocycles. The van der Waals surface area contributed by atoms with E-state index in [4.69, 9.17) is 11.6 Å². The van der Waals surface area contributed by atoms with Gasteiger partial charge in [0.2, 0.25) is 0 Å². The topological polar surface area (TPSA) is 45.2 Å². The highest BCUT2D eigenvalue weighted by molar-refractivity contribution is 7.14. The minimum Gasteiger partial charge on any atom is -0.368 e. The third-order valence-corrected chi connectivity index (χ3v) is 6.10. The molecule has 2 aromatic heterocycles. The lowest BCUT2D eigenvalue weighted by molar-refractivity contribution is 0.649. The Bertz CT molecular complexity index is 1110. The van der Waals surface area contributed by atoms with Gasteiger partial charge in [0.15, 0.2) is 5.82 Å². The van der Waals surface area contributed by atoms with Crippen LogP contribution in [0.25, 0.3) is 21.5 Å². The molecule has 0 unspecified atom stereocenters. The van der Waals surface area contributed by atoms with Crippen LogP contribution in [0.2, 0.25) is 5.02 Å². The predicted molar refractivity (Wildman–Crippen MR) is 117 cm³/mol. The maximum absolute atomic E-state index is 6.15. The summed E-state index contributed by atoms with van der Waals surface area (Å²) in [4.78, 5) is 13.8. The van der Waals surface area contributed by atoms with E-state index in [0.29, 0.717) is 0 Å². The lowest BCUT2D eigenvalue weighted by Crippen LogP contribution is -2.46. The first-order chi connectivity index (χ1) is 13.8. The molecule has 140 valence electrons. The Hall–Kier alpha value is -2.70. The number of piperazine rings is 1. The van der Waals surface area contributed by atoms with Gasteiger partial charge in [-0.05, 0) is 29.7 Å². The van der Waals surface area contributed by atoms with E-state index in [-0.39, 0.29) is 0 Å². The van der Waals surface area contributed by atoms with Crippen LogP contribution >= 0.6 is 23.1 Å². The molecule has 1 saturated heterocycles. The minimum absolute atomic E-state index is 0.774. The third-order valence-electron chi connectivity index (χ3n) is 5.04. The molecular weight excluding hydrogens is 390 g/mol. The Balaban J connectivity index is 1.41. The summed E-state index contributed by atoms with van der Waals surface area (Å²) in [5.41, 5.74) is 4.12. The Kier molecular flexibility index (Phi) is 4.58. The summed E-state index contributed by atoms with van der Waals surface area (Å²) < 4.78 is 5.73. The van der Waals surface area contributed by atoms with Gasteiger partial charge < -0.3 is 9.80 Å². The van der Waals surface area contributed by atoms with Crippen LogP contribution in [0.3, 0.4) is 0 Å². The second-order valence-electron chi connectivity index (χ2n) is 6.73. The van der Waals surface area contributed by atoms with Crippen LogP contribution in [0.1, 0.15) is 0 Å². The summed E-state index contributed by atoms with van der Waals surface area (Å²) in [5, 5.41) is 0.774. The molecule has 0 amide bonds. The minimum atomic E-state index is 0.774. The summed E-state index contributed by atoms with van der Waals surface area (Å²) in [6, 6.07) is 18.2. The van der Waals surface area contributed by atoms with Crippen LogP contribution in [-0.2, 0) is 0 Å². The molecule has 4 aromatic rings. The molecule has 0 N–H and O–H groups in total. The molecule has 7 heteroatoms. The number of fused-ring (bicyclic) bond motifs is 1. The number of rotatable bonds is 3. The smallest absolute Gasteiger partial charge is 0.151 e. The monoisotopic (exact) mass is 407 g/mol. The molecule has 0 bridgehead atoms. The summed E-state index contributed by atoms with van der Waals surface area (Å²) in [5.74, 6) is 0.982. The van der Waals surface area contributed by atoms with Crippen molar-refractivity contribution in [1.82, 2.24) is 14.3 Å². The van der Waals surface area contributed by atoms with Crippen molar-refractivity contribution in [3.8, 4) is 11.3 Å². The molecule has 0 atom stereocenters. The van der Waals surface area contributed by atoms with Gasteiger partial charge in [-0.25, -0.2) is 9.97 Å². The van der Waals surface area contributed by atoms with E-state index in [1.807, 2.05) is 36.4 Å². The number of halogens is 1. The van der Waals surface area contributed by atoms with Crippen molar-refractivity contribution in [2.45, 2.75) is 0 Å². The molecule has 1 fully saturated rings. The Morgan fingerprint density at radius 3 is 2.43 bits per heavy atom. The van der Waals surface area contributed by atoms with E-state index in [9.17, 15) is 0 Å². The third kappa shape index (κ3) is 3.19. The molecular formula is C21H18ClN5S. The van der Waals surface area contributed by atoms with Crippen LogP contribution in [0, 0.1) is 0 Å². The highest BCUT2D eigenvalue weighted by Crippen LogP contribution is 2.34. The van der Waals surface area contributed by atoms with Crippen molar-refractivity contribution in [1.29, 1.82) is 0 Å². The van der Waals surface area contributed by atoms with Gasteiger partial charge in [-0.15, -0.1) is 0 Å². The van der Waals surface area contributed by atoms with Crippen LogP contribution < -0.4 is 9.80 Å². The number of nitrogens with zero attached hydrogens (tertiary/aromatic N) is 5. The van der Waals surface area contributed by atoms with Crippen molar-refractivity contribution in [2.75, 3.05) is 36.0 Å². The zero-order chi connectivity index (χ0) is 18.9. The van der Waals surface area contributed by atoms with Gasteiger partial charge in [-0.2, -0.15) is 4.37 Å². The molecule has 0 saturated carbocycles. The number of hydrogen-bond donors (Lipinski definition) is 0. The van der Waals surface area contributed by atoms with Crippen molar-refractivity contribution < 1.29 is 0 Å². The fraction of sp³-hybridized carbons (Fsp3) is 0.190. The first kappa shape index (κ1) is 17.4. The molecule has 28 heavy (non-hydrogen) atoms. The van der Waals surface area contributed by atoms with Crippen molar-refractivity contribution >= 4 is 44.9 Å². The molecule has 1 aliphatic rings. The lowest BCUT2D eigenvalue weighted by Gasteiger charge is -2.36. The Labute approximate surface area is 172 Å². The maximum atomic E-state index is 6.15. The Morgan fingerprint density at radius 1 is 0.857 bits per heavy atom. The van der Waals surface area contributed by atoms with Gasteiger partial charge in [0.1, 0.15) is 22.2 Å². The molecule has 0 aliphatic carbocycles. The van der Waals surface area contributed by atoms with Gasteiger partial charge in [-0.3, -0.25) is 0 Å². The molecule has 5 nitrogen and oxygen atoms in total. The number of aromatic nitrogens is 3. The summed E-state index contributed by atoms with van der Waals surface area (Å²) in [6.45, 7) is 3.65. The molecule has 0 radical (unpaired) electrons. The normalized spacial score (nSPS) is 14.6. The van der Waals surface area contributed by atoms with Gasteiger partial charge in [0, 0.05) is 42.5 Å². The highest BCUT2D eigenvalue weighted by Gasteiger charge is 2.22. The largest absolute Gasteiger partial charge is 0.368 e. The van der Waals surface area contributed by atoms with Gasteiger partial charge in [-0.1, -0.05) is 48.0 Å². The quantitative estimate of drug-likeness (QED) is 0.491. The van der Waals surface area contributed by atoms with E-state index < -0.39 is 0 Å². The summed E-state index contributed by atoms with van der Waals surface area (Å²) in [7, 11) is 0. The van der Waals surface area contributed by atoms with Gasteiger partial charge in [0.25, 0.3) is 0 Å². The molecule has 3 heterocycles. The van der Waals surface area contributed by atoms with E-state index in [1.54, 1.807) is 6.33 Å². The van der Waals surface area contributed by atoms with Crippen molar-refractivity contribution in [3.63, 3.8) is 0 Å². The predicted octanol–water partition coefficient (Wildman–Crippen LogP) is 4.73. The fourth-order valence-corrected chi connectivity index (χ4v) is 4.67. The van der Waals surface area contributed by atoms with Crippen LogP contribution in [0.15, 0.2) is 60.9 Å². The standard InChI is InChI=1S/C21H18ClN5S/c22-16-7-4-8-17(13-16)26-9-11-27(12-10-26)21-20-19(23-14-24-21)18(25-28-20)15-5-2-1-3-6-15/h1-8,13-14H,9-12H2. The SMILES string of the molecule is Clc1cccc(N2CCN(c3ncnc4c(-c5ccccc5)nsc34)CC2)c1. The molecule has 0 spiro atoms. The number of benzene rings is 2. The zero-order valence-corrected chi connectivity index (χ0v) is 16.7. The second kappa shape index (κ2) is 7.37. The molecule has 1 aliphatic heterocycles. The van der Waals surface area contributed by atoms with Crippen molar-refractivity contribution in [2.24, 2.45) is 0 Å². The Morgan fingerprint density at radius 2 is 1.64 bits per heavy atom. The van der Waals surface area contributed by atoms with E-state index in [0.717, 1.165) is 58.5 Å². The van der Waals surface area contributed by atoms with Crippen LogP contribution in [0.5, 0.6) is 0 Å². The zero-order valence-electron chi connectivity index (χ0n) is 15.1. The van der Waals surface area contributed by atoms with Crippen molar-refractivity contribution in [3.05, 3.63) is 65.9 Å². The van der Waals surface area contributed by atoms with E-state index in [1.165, 1.54) is 17.2 Å². The average Bonchev–Trinajstić information content (AvgIpc) is 3.19. The van der Waals surface area contributed by atoms with E-state index >= 15 is 0 Å². The van der Waals surface area contributed by atoms with E-state index in [2.05, 4.69) is 42.3 Å². The van der Waals surface area contributed by atoms with Crippen LogP contribution in [-0.4, -0.2) is 40.5 Å². The second-order valence-corrected chi connectivity index (χ2v) is 7.94. The average molecular weight is 408 g/mol. The maximum Gasteiger partial charge on any atom is 0.151 e. The summed E-state index contributed by atoms with van der Waals surface area (Å²) >= 11 is 7.63. The molecule has 5 rings (SSSR count). The van der Waals surface area contributed by atoms with Gasteiger partial charge in [0.05, 0.1) is 0 Å². The number of anilines is 2. The lowest BCUT2D eigenvalue weighted by atomic mass is 10.1.